The lowest BCUT2D eigenvalue weighted by Gasteiger charge is -2.08. The van der Waals surface area contributed by atoms with Crippen molar-refractivity contribution < 1.29 is 13.6 Å². The van der Waals surface area contributed by atoms with Crippen LogP contribution in [0.5, 0.6) is 0 Å². The molecule has 0 saturated heterocycles. The molecule has 0 radical (unpaired) electrons. The largest absolute Gasteiger partial charge is 0.467 e. The molecule has 29 heavy (non-hydrogen) atoms. The third-order valence-corrected chi connectivity index (χ3v) is 5.84. The number of hydrogen-bond acceptors (Lipinski definition) is 6. The maximum absolute atomic E-state index is 12.9. The van der Waals surface area contributed by atoms with E-state index < -0.39 is 0 Å². The minimum atomic E-state index is 0.0685. The van der Waals surface area contributed by atoms with Gasteiger partial charge >= 0.3 is 0 Å². The lowest BCUT2D eigenvalue weighted by atomic mass is 10.2. The van der Waals surface area contributed by atoms with E-state index >= 15 is 0 Å². The van der Waals surface area contributed by atoms with E-state index in [0.29, 0.717) is 35.6 Å². The quantitative estimate of drug-likeness (QED) is 0.312. The smallest absolute Gasteiger partial charge is 0.200 e. The van der Waals surface area contributed by atoms with E-state index in [2.05, 4.69) is 14.8 Å². The van der Waals surface area contributed by atoms with E-state index in [9.17, 15) is 4.79 Å². The van der Waals surface area contributed by atoms with Crippen LogP contribution in [-0.2, 0) is 13.1 Å². The highest BCUT2D eigenvalue weighted by atomic mass is 32.2. The fourth-order valence-electron chi connectivity index (χ4n) is 3.36. The molecule has 7 nitrogen and oxygen atoms in total. The van der Waals surface area contributed by atoms with Crippen molar-refractivity contribution in [2.24, 2.45) is 0 Å². The molecule has 0 atom stereocenters. The van der Waals surface area contributed by atoms with Gasteiger partial charge in [-0.05, 0) is 51.1 Å². The van der Waals surface area contributed by atoms with E-state index in [1.165, 1.54) is 11.8 Å². The van der Waals surface area contributed by atoms with Crippen LogP contribution in [0.4, 0.5) is 0 Å². The second-order valence-corrected chi connectivity index (χ2v) is 7.63. The number of carbonyl (C=O) groups excluding carboxylic acids is 1. The minimum absolute atomic E-state index is 0.0685. The molecule has 0 N–H and O–H groups in total. The number of aryl methyl sites for hydroxylation is 1. The summed E-state index contributed by atoms with van der Waals surface area (Å²) in [4.78, 5) is 12.9. The highest BCUT2D eigenvalue weighted by molar-refractivity contribution is 7.99. The van der Waals surface area contributed by atoms with Gasteiger partial charge in [0.25, 0.3) is 0 Å². The van der Waals surface area contributed by atoms with Crippen molar-refractivity contribution in [1.29, 1.82) is 0 Å². The van der Waals surface area contributed by atoms with E-state index in [1.54, 1.807) is 12.5 Å². The number of furan rings is 2. The van der Waals surface area contributed by atoms with Gasteiger partial charge in [0.1, 0.15) is 5.76 Å². The first-order chi connectivity index (χ1) is 14.1. The van der Waals surface area contributed by atoms with Crippen molar-refractivity contribution >= 4 is 17.5 Å². The third-order valence-electron chi connectivity index (χ3n) is 4.88. The minimum Gasteiger partial charge on any atom is -0.467 e. The highest BCUT2D eigenvalue weighted by Gasteiger charge is 2.20. The third kappa shape index (κ3) is 3.80. The summed E-state index contributed by atoms with van der Waals surface area (Å²) in [6.45, 7) is 7.30. The lowest BCUT2D eigenvalue weighted by molar-refractivity contribution is 0.102. The van der Waals surface area contributed by atoms with Crippen molar-refractivity contribution in [2.45, 2.75) is 39.0 Å². The van der Waals surface area contributed by atoms with Crippen LogP contribution in [0.2, 0.25) is 0 Å². The van der Waals surface area contributed by atoms with Crippen molar-refractivity contribution in [2.75, 3.05) is 5.75 Å². The van der Waals surface area contributed by atoms with Gasteiger partial charge in [-0.3, -0.25) is 9.36 Å². The molecular weight excluding hydrogens is 388 g/mol. The lowest BCUT2D eigenvalue weighted by Crippen LogP contribution is -2.08. The topological polar surface area (TPSA) is 79.0 Å². The number of carbonyl (C=O) groups is 1. The number of thioether (sulfide) groups is 1. The Hall–Kier alpha value is -3.00. The number of rotatable bonds is 8. The molecule has 0 amide bonds. The number of nitrogens with zero attached hydrogens (tertiary/aromatic N) is 4. The normalized spacial score (nSPS) is 11.3. The maximum Gasteiger partial charge on any atom is 0.200 e. The van der Waals surface area contributed by atoms with Gasteiger partial charge in [0.15, 0.2) is 22.5 Å². The Kier molecular flexibility index (Phi) is 5.44. The molecule has 0 aromatic carbocycles. The molecule has 0 aliphatic carbocycles. The molecular formula is C21H22N4O3S. The Morgan fingerprint density at radius 3 is 2.59 bits per heavy atom. The second-order valence-electron chi connectivity index (χ2n) is 6.69. The molecule has 0 saturated carbocycles. The van der Waals surface area contributed by atoms with E-state index in [1.807, 2.05) is 55.7 Å². The maximum atomic E-state index is 12.9. The van der Waals surface area contributed by atoms with Gasteiger partial charge in [0.05, 0.1) is 24.8 Å². The summed E-state index contributed by atoms with van der Waals surface area (Å²) in [6.07, 6.45) is 3.27. The Morgan fingerprint density at radius 1 is 1.10 bits per heavy atom. The summed E-state index contributed by atoms with van der Waals surface area (Å²) in [5, 5.41) is 9.19. The number of ketones is 1. The molecule has 0 aliphatic rings. The van der Waals surface area contributed by atoms with Crippen LogP contribution in [0.15, 0.2) is 56.8 Å². The predicted molar refractivity (Wildman–Crippen MR) is 110 cm³/mol. The molecule has 4 aromatic heterocycles. The molecule has 4 heterocycles. The predicted octanol–water partition coefficient (Wildman–Crippen LogP) is 4.59. The Labute approximate surface area is 172 Å². The monoisotopic (exact) mass is 410 g/mol. The summed E-state index contributed by atoms with van der Waals surface area (Å²) >= 11 is 1.39. The summed E-state index contributed by atoms with van der Waals surface area (Å²) in [7, 11) is 0. The molecule has 4 rings (SSSR count). The van der Waals surface area contributed by atoms with Crippen LogP contribution in [0.3, 0.4) is 0 Å². The first-order valence-corrected chi connectivity index (χ1v) is 10.4. The van der Waals surface area contributed by atoms with Crippen molar-refractivity contribution in [1.82, 2.24) is 19.3 Å². The molecule has 0 aliphatic heterocycles. The van der Waals surface area contributed by atoms with Crippen LogP contribution in [0, 0.1) is 13.8 Å². The fourth-order valence-corrected chi connectivity index (χ4v) is 4.25. The van der Waals surface area contributed by atoms with Gasteiger partial charge in [-0.15, -0.1) is 10.2 Å². The van der Waals surface area contributed by atoms with Gasteiger partial charge < -0.3 is 13.4 Å². The zero-order valence-corrected chi connectivity index (χ0v) is 17.4. The highest BCUT2D eigenvalue weighted by Crippen LogP contribution is 2.26. The zero-order valence-electron chi connectivity index (χ0n) is 16.6. The SMILES string of the molecule is CCn1c(SCC(=O)c2cc(C)n(Cc3ccco3)c2C)nnc1-c1ccco1. The van der Waals surface area contributed by atoms with Crippen LogP contribution < -0.4 is 0 Å². The van der Waals surface area contributed by atoms with Crippen molar-refractivity contribution in [3.63, 3.8) is 0 Å². The van der Waals surface area contributed by atoms with Crippen LogP contribution >= 0.6 is 11.8 Å². The Bertz CT molecular complexity index is 1110. The van der Waals surface area contributed by atoms with Crippen molar-refractivity contribution in [3.05, 3.63) is 65.6 Å². The number of aromatic nitrogens is 4. The summed E-state index contributed by atoms with van der Waals surface area (Å²) in [5.74, 6) is 2.56. The molecule has 0 unspecified atom stereocenters. The number of hydrogen-bond donors (Lipinski definition) is 0. The molecule has 0 bridgehead atoms. The summed E-state index contributed by atoms with van der Waals surface area (Å²) in [5.41, 5.74) is 2.71. The molecule has 150 valence electrons. The van der Waals surface area contributed by atoms with Gasteiger partial charge in [-0.2, -0.15) is 0 Å². The van der Waals surface area contributed by atoms with E-state index in [0.717, 1.165) is 22.7 Å². The van der Waals surface area contributed by atoms with Crippen LogP contribution in [0.1, 0.15) is 34.4 Å². The van der Waals surface area contributed by atoms with Crippen LogP contribution in [0.25, 0.3) is 11.6 Å². The van der Waals surface area contributed by atoms with Crippen LogP contribution in [-0.4, -0.2) is 30.9 Å². The zero-order chi connectivity index (χ0) is 20.4. The van der Waals surface area contributed by atoms with Gasteiger partial charge in [-0.25, -0.2) is 0 Å². The molecule has 8 heteroatoms. The van der Waals surface area contributed by atoms with Gasteiger partial charge in [0, 0.05) is 23.5 Å². The molecule has 0 fully saturated rings. The summed E-state index contributed by atoms with van der Waals surface area (Å²) in [6, 6.07) is 9.42. The average molecular weight is 410 g/mol. The molecule has 0 spiro atoms. The standard InChI is InChI=1S/C21H22N4O3S/c1-4-24-20(19-8-6-10-28-19)22-23-21(24)29-13-18(26)17-11-14(2)25(15(17)3)12-16-7-5-9-27-16/h5-11H,4,12-13H2,1-3H3. The average Bonchev–Trinajstić information content (AvgIpc) is 3.50. The second kappa shape index (κ2) is 8.16. The Morgan fingerprint density at radius 2 is 1.90 bits per heavy atom. The van der Waals surface area contributed by atoms with E-state index in [-0.39, 0.29) is 5.78 Å². The molecule has 4 aromatic rings. The van der Waals surface area contributed by atoms with E-state index in [4.69, 9.17) is 8.83 Å². The first-order valence-electron chi connectivity index (χ1n) is 9.40. The first kappa shape index (κ1) is 19.3. The van der Waals surface area contributed by atoms with Gasteiger partial charge in [0.2, 0.25) is 0 Å². The van der Waals surface area contributed by atoms with Gasteiger partial charge in [-0.1, -0.05) is 11.8 Å². The summed E-state index contributed by atoms with van der Waals surface area (Å²) < 4.78 is 14.9. The number of Topliss-reactive ketones (excluding diaryl/α,β-unsaturated/α-hetero) is 1. The Balaban J connectivity index is 1.49. The van der Waals surface area contributed by atoms with Crippen molar-refractivity contribution in [3.8, 4) is 11.6 Å². The fraction of sp³-hybridized carbons (Fsp3) is 0.286.